The third kappa shape index (κ3) is 3.18. The normalized spacial score (nSPS) is 21.2. The number of nitrogens with zero attached hydrogens (tertiary/aromatic N) is 1. The zero-order valence-corrected chi connectivity index (χ0v) is 12.5. The lowest BCUT2D eigenvalue weighted by Gasteiger charge is -2.38. The lowest BCUT2D eigenvalue weighted by atomic mass is 9.99. The highest BCUT2D eigenvalue weighted by atomic mass is 19.1. The molecule has 0 spiro atoms. The molecule has 1 N–H and O–H groups in total. The zero-order valence-electron chi connectivity index (χ0n) is 12.5. The molecule has 20 heavy (non-hydrogen) atoms. The Morgan fingerprint density at radius 1 is 1.35 bits per heavy atom. The van der Waals surface area contributed by atoms with Crippen molar-refractivity contribution in [2.75, 3.05) is 19.6 Å². The number of hydrogen-bond donors (Lipinski definition) is 1. The van der Waals surface area contributed by atoms with Crippen molar-refractivity contribution in [1.29, 1.82) is 0 Å². The second-order valence-electron chi connectivity index (χ2n) is 5.63. The van der Waals surface area contributed by atoms with Gasteiger partial charge in [0.1, 0.15) is 11.6 Å². The molecule has 1 saturated heterocycles. The molecule has 1 aromatic rings. The summed E-state index contributed by atoms with van der Waals surface area (Å²) in [7, 11) is 0. The summed E-state index contributed by atoms with van der Waals surface area (Å²) in [5, 5.41) is 3.38. The fraction of sp³-hybridized carbons (Fsp3) is 0.625. The van der Waals surface area contributed by atoms with E-state index in [-0.39, 0.29) is 17.7 Å². The number of halogens is 2. The molecule has 2 nitrogen and oxygen atoms in total. The third-order valence-electron chi connectivity index (χ3n) is 4.33. The molecule has 1 heterocycles. The van der Waals surface area contributed by atoms with E-state index in [9.17, 15) is 8.78 Å². The fourth-order valence-electron chi connectivity index (χ4n) is 3.13. The van der Waals surface area contributed by atoms with Gasteiger partial charge in [-0.3, -0.25) is 4.90 Å². The number of benzene rings is 1. The molecular weight excluding hydrogens is 258 g/mol. The van der Waals surface area contributed by atoms with Gasteiger partial charge in [0.25, 0.3) is 0 Å². The first-order valence-corrected chi connectivity index (χ1v) is 7.46. The third-order valence-corrected chi connectivity index (χ3v) is 4.33. The van der Waals surface area contributed by atoms with Crippen LogP contribution in [0.5, 0.6) is 0 Å². The Bertz CT molecular complexity index is 456. The highest BCUT2D eigenvalue weighted by Gasteiger charge is 2.26. The summed E-state index contributed by atoms with van der Waals surface area (Å²) in [5.74, 6) is -0.635. The topological polar surface area (TPSA) is 15.3 Å². The van der Waals surface area contributed by atoms with E-state index in [0.29, 0.717) is 17.2 Å². The van der Waals surface area contributed by atoms with E-state index in [1.807, 2.05) is 6.92 Å². The summed E-state index contributed by atoms with van der Waals surface area (Å²) >= 11 is 0. The summed E-state index contributed by atoms with van der Waals surface area (Å²) in [6, 6.07) is 2.94. The van der Waals surface area contributed by atoms with Gasteiger partial charge in [0.05, 0.1) is 0 Å². The molecule has 2 rings (SSSR count). The maximum absolute atomic E-state index is 14.1. The van der Waals surface area contributed by atoms with Crippen LogP contribution < -0.4 is 5.32 Å². The molecule has 2 unspecified atom stereocenters. The average molecular weight is 282 g/mol. The van der Waals surface area contributed by atoms with Gasteiger partial charge in [-0.25, -0.2) is 8.78 Å². The molecule has 2 atom stereocenters. The molecule has 1 aliphatic rings. The van der Waals surface area contributed by atoms with E-state index in [2.05, 4.69) is 17.1 Å². The first kappa shape index (κ1) is 15.4. The van der Waals surface area contributed by atoms with Gasteiger partial charge in [0.2, 0.25) is 0 Å². The minimum absolute atomic E-state index is 0.111. The lowest BCUT2D eigenvalue weighted by molar-refractivity contribution is 0.125. The molecule has 4 heteroatoms. The number of likely N-dealkylation sites (N-methyl/N-ethyl adjacent to an activating group) is 1. The molecule has 0 saturated carbocycles. The van der Waals surface area contributed by atoms with E-state index in [0.717, 1.165) is 32.5 Å². The highest BCUT2D eigenvalue weighted by Crippen LogP contribution is 2.28. The minimum atomic E-state index is -0.328. The van der Waals surface area contributed by atoms with Crippen LogP contribution in [0.4, 0.5) is 8.78 Å². The summed E-state index contributed by atoms with van der Waals surface area (Å²) in [6.07, 6.45) is 2.25. The van der Waals surface area contributed by atoms with Crippen LogP contribution >= 0.6 is 0 Å². The number of hydrogen-bond acceptors (Lipinski definition) is 2. The van der Waals surface area contributed by atoms with E-state index >= 15 is 0 Å². The Morgan fingerprint density at radius 3 is 2.70 bits per heavy atom. The van der Waals surface area contributed by atoms with Gasteiger partial charge in [-0.1, -0.05) is 6.92 Å². The van der Waals surface area contributed by atoms with Crippen molar-refractivity contribution in [3.05, 3.63) is 34.9 Å². The number of piperidine rings is 1. The van der Waals surface area contributed by atoms with Gasteiger partial charge in [-0.05, 0) is 57.5 Å². The molecule has 112 valence electrons. The van der Waals surface area contributed by atoms with Gasteiger partial charge < -0.3 is 5.32 Å². The van der Waals surface area contributed by atoms with Crippen molar-refractivity contribution >= 4 is 0 Å². The van der Waals surface area contributed by atoms with Crippen LogP contribution in [-0.4, -0.2) is 30.6 Å². The highest BCUT2D eigenvalue weighted by molar-refractivity contribution is 5.27. The summed E-state index contributed by atoms with van der Waals surface area (Å²) in [4.78, 5) is 2.26. The Kier molecular flexibility index (Phi) is 5.11. The number of aryl methyl sites for hydroxylation is 1. The predicted molar refractivity (Wildman–Crippen MR) is 77.8 cm³/mol. The number of nitrogens with one attached hydrogen (secondary N) is 1. The van der Waals surface area contributed by atoms with Crippen molar-refractivity contribution in [2.24, 2.45) is 0 Å². The molecule has 0 aliphatic carbocycles. The van der Waals surface area contributed by atoms with Crippen LogP contribution in [0, 0.1) is 18.6 Å². The fourth-order valence-corrected chi connectivity index (χ4v) is 3.13. The van der Waals surface area contributed by atoms with Gasteiger partial charge in [0, 0.05) is 24.2 Å². The molecule has 1 aromatic carbocycles. The average Bonchev–Trinajstić information content (AvgIpc) is 2.44. The first-order valence-electron chi connectivity index (χ1n) is 7.46. The van der Waals surface area contributed by atoms with Gasteiger partial charge in [0.15, 0.2) is 0 Å². The maximum atomic E-state index is 14.1. The molecule has 1 fully saturated rings. The van der Waals surface area contributed by atoms with Crippen molar-refractivity contribution in [3.8, 4) is 0 Å². The number of rotatable bonds is 4. The Labute approximate surface area is 120 Å². The van der Waals surface area contributed by atoms with Crippen LogP contribution in [0.2, 0.25) is 0 Å². The summed E-state index contributed by atoms with van der Waals surface area (Å²) < 4.78 is 27.9. The quantitative estimate of drug-likeness (QED) is 0.910. The summed E-state index contributed by atoms with van der Waals surface area (Å²) in [5.41, 5.74) is 0.821. The SMILES string of the molecule is CCN(C1CCCNC1)C(C)c1cc(F)c(C)cc1F. The van der Waals surface area contributed by atoms with Crippen molar-refractivity contribution in [1.82, 2.24) is 10.2 Å². The molecule has 0 aromatic heterocycles. The van der Waals surface area contributed by atoms with Crippen molar-refractivity contribution in [2.45, 2.75) is 45.7 Å². The first-order chi connectivity index (χ1) is 9.54. The van der Waals surface area contributed by atoms with E-state index in [1.165, 1.54) is 12.1 Å². The van der Waals surface area contributed by atoms with Crippen molar-refractivity contribution < 1.29 is 8.78 Å². The second-order valence-corrected chi connectivity index (χ2v) is 5.63. The van der Waals surface area contributed by atoms with Gasteiger partial charge in [-0.2, -0.15) is 0 Å². The molecular formula is C16H24F2N2. The standard InChI is InChI=1S/C16H24F2N2/c1-4-20(13-6-5-7-19-10-13)12(3)14-9-15(17)11(2)8-16(14)18/h8-9,12-13,19H,4-7,10H2,1-3H3. The van der Waals surface area contributed by atoms with E-state index < -0.39 is 0 Å². The van der Waals surface area contributed by atoms with Crippen LogP contribution in [-0.2, 0) is 0 Å². The Hall–Kier alpha value is -1.00. The van der Waals surface area contributed by atoms with E-state index in [4.69, 9.17) is 0 Å². The zero-order chi connectivity index (χ0) is 14.7. The van der Waals surface area contributed by atoms with Gasteiger partial charge in [-0.15, -0.1) is 0 Å². The molecule has 1 aliphatic heterocycles. The van der Waals surface area contributed by atoms with Crippen LogP contribution in [0.25, 0.3) is 0 Å². The van der Waals surface area contributed by atoms with Crippen LogP contribution in [0.1, 0.15) is 43.9 Å². The smallest absolute Gasteiger partial charge is 0.128 e. The molecule has 0 radical (unpaired) electrons. The minimum Gasteiger partial charge on any atom is -0.315 e. The second kappa shape index (κ2) is 6.64. The Balaban J connectivity index is 2.23. The van der Waals surface area contributed by atoms with E-state index in [1.54, 1.807) is 6.92 Å². The van der Waals surface area contributed by atoms with Crippen molar-refractivity contribution in [3.63, 3.8) is 0 Å². The Morgan fingerprint density at radius 2 is 2.10 bits per heavy atom. The lowest BCUT2D eigenvalue weighted by Crippen LogP contribution is -2.47. The maximum Gasteiger partial charge on any atom is 0.128 e. The van der Waals surface area contributed by atoms with Gasteiger partial charge >= 0.3 is 0 Å². The molecule has 0 bridgehead atoms. The molecule has 0 amide bonds. The largest absolute Gasteiger partial charge is 0.315 e. The summed E-state index contributed by atoms with van der Waals surface area (Å²) in [6.45, 7) is 8.45. The monoisotopic (exact) mass is 282 g/mol. The predicted octanol–water partition coefficient (Wildman–Crippen LogP) is 3.41. The van der Waals surface area contributed by atoms with Crippen LogP contribution in [0.3, 0.4) is 0 Å². The van der Waals surface area contributed by atoms with Crippen LogP contribution in [0.15, 0.2) is 12.1 Å².